The minimum atomic E-state index is -0.796. The molecule has 0 aliphatic carbocycles. The van der Waals surface area contributed by atoms with E-state index in [1.54, 1.807) is 43.5 Å². The van der Waals surface area contributed by atoms with E-state index >= 15 is 0 Å². The zero-order valence-corrected chi connectivity index (χ0v) is 15.7. The van der Waals surface area contributed by atoms with Gasteiger partial charge in [-0.15, -0.1) is 0 Å². The number of esters is 1. The number of nitrogens with one attached hydrogen (secondary N) is 2. The minimum Gasteiger partial charge on any atom is -0.497 e. The number of methoxy groups -OCH3 is 1. The Bertz CT molecular complexity index is 862. The van der Waals surface area contributed by atoms with E-state index in [-0.39, 0.29) is 12.2 Å². The summed E-state index contributed by atoms with van der Waals surface area (Å²) in [5.41, 5.74) is 1.52. The maximum atomic E-state index is 12.2. The van der Waals surface area contributed by atoms with Gasteiger partial charge in [0.15, 0.2) is 6.61 Å². The first-order valence-electron chi connectivity index (χ1n) is 8.59. The lowest BCUT2D eigenvalue weighted by atomic mass is 10.2. The summed E-state index contributed by atoms with van der Waals surface area (Å²) in [6.07, 6.45) is 1.48. The van der Waals surface area contributed by atoms with Crippen LogP contribution in [0.25, 0.3) is 6.08 Å². The fourth-order valence-electron chi connectivity index (χ4n) is 2.29. The first-order chi connectivity index (χ1) is 13.5. The highest BCUT2D eigenvalue weighted by Crippen LogP contribution is 2.12. The van der Waals surface area contributed by atoms with Crippen LogP contribution in [0.2, 0.25) is 0 Å². The molecule has 0 bridgehead atoms. The van der Waals surface area contributed by atoms with Crippen molar-refractivity contribution >= 4 is 23.9 Å². The second-order valence-corrected chi connectivity index (χ2v) is 5.85. The van der Waals surface area contributed by atoms with Crippen molar-refractivity contribution < 1.29 is 23.9 Å². The fraction of sp³-hybridized carbons (Fsp3) is 0.190. The van der Waals surface area contributed by atoms with Crippen molar-refractivity contribution in [1.82, 2.24) is 10.6 Å². The molecule has 2 amide bonds. The third kappa shape index (κ3) is 6.95. The first-order valence-corrected chi connectivity index (χ1v) is 8.59. The van der Waals surface area contributed by atoms with E-state index < -0.39 is 24.4 Å². The maximum absolute atomic E-state index is 12.2. The summed E-state index contributed by atoms with van der Waals surface area (Å²) in [5.74, 6) is -0.987. The molecule has 0 unspecified atom stereocenters. The van der Waals surface area contributed by atoms with E-state index in [0.717, 1.165) is 5.56 Å². The number of ether oxygens (including phenoxy) is 2. The van der Waals surface area contributed by atoms with Gasteiger partial charge in [-0.25, -0.2) is 4.79 Å². The van der Waals surface area contributed by atoms with E-state index in [4.69, 9.17) is 9.47 Å². The molecule has 0 heterocycles. The molecular weight excluding hydrogens is 360 g/mol. The van der Waals surface area contributed by atoms with Gasteiger partial charge in [-0.05, 0) is 29.3 Å². The minimum absolute atomic E-state index is 0.0423. The number of amides is 2. The SMILES string of the molecule is COc1cccc(CNC(=O)COC(=O)C(=Cc2ccccc2)NC(C)=O)c1. The molecule has 0 aromatic heterocycles. The van der Waals surface area contributed by atoms with Crippen molar-refractivity contribution in [2.24, 2.45) is 0 Å². The Morgan fingerprint density at radius 1 is 1.04 bits per heavy atom. The van der Waals surface area contributed by atoms with Crippen molar-refractivity contribution in [1.29, 1.82) is 0 Å². The fourth-order valence-corrected chi connectivity index (χ4v) is 2.29. The lowest BCUT2D eigenvalue weighted by Gasteiger charge is -2.10. The molecule has 146 valence electrons. The lowest BCUT2D eigenvalue weighted by molar-refractivity contribution is -0.145. The average Bonchev–Trinajstić information content (AvgIpc) is 2.70. The summed E-state index contributed by atoms with van der Waals surface area (Å²) in [6, 6.07) is 16.2. The number of carbonyl (C=O) groups is 3. The molecule has 2 N–H and O–H groups in total. The summed E-state index contributed by atoms with van der Waals surface area (Å²) in [4.78, 5) is 35.5. The lowest BCUT2D eigenvalue weighted by Crippen LogP contribution is -2.31. The molecule has 28 heavy (non-hydrogen) atoms. The smallest absolute Gasteiger partial charge is 0.355 e. The maximum Gasteiger partial charge on any atom is 0.355 e. The van der Waals surface area contributed by atoms with E-state index in [1.807, 2.05) is 18.2 Å². The van der Waals surface area contributed by atoms with Crippen LogP contribution in [0.4, 0.5) is 0 Å². The predicted molar refractivity (Wildman–Crippen MR) is 104 cm³/mol. The first kappa shape index (κ1) is 20.7. The van der Waals surface area contributed by atoms with Gasteiger partial charge in [0.1, 0.15) is 11.4 Å². The molecule has 0 aliphatic heterocycles. The predicted octanol–water partition coefficient (Wildman–Crippen LogP) is 2.03. The van der Waals surface area contributed by atoms with Gasteiger partial charge in [0, 0.05) is 13.5 Å². The van der Waals surface area contributed by atoms with Crippen LogP contribution < -0.4 is 15.4 Å². The molecular formula is C21H22N2O5. The summed E-state index contributed by atoms with van der Waals surface area (Å²) >= 11 is 0. The van der Waals surface area contributed by atoms with Crippen LogP contribution in [0.1, 0.15) is 18.1 Å². The van der Waals surface area contributed by atoms with Crippen LogP contribution in [-0.4, -0.2) is 31.5 Å². The number of benzene rings is 2. The highest BCUT2D eigenvalue weighted by molar-refractivity contribution is 5.98. The van der Waals surface area contributed by atoms with Gasteiger partial charge in [0.2, 0.25) is 5.91 Å². The Labute approximate surface area is 163 Å². The van der Waals surface area contributed by atoms with Gasteiger partial charge in [0.25, 0.3) is 5.91 Å². The van der Waals surface area contributed by atoms with Gasteiger partial charge in [0.05, 0.1) is 7.11 Å². The van der Waals surface area contributed by atoms with Gasteiger partial charge in [-0.2, -0.15) is 0 Å². The van der Waals surface area contributed by atoms with Crippen molar-refractivity contribution in [3.63, 3.8) is 0 Å². The monoisotopic (exact) mass is 382 g/mol. The third-order valence-corrected chi connectivity index (χ3v) is 3.60. The summed E-state index contributed by atoms with van der Waals surface area (Å²) in [6.45, 7) is 1.09. The van der Waals surface area contributed by atoms with Crippen molar-refractivity contribution in [2.75, 3.05) is 13.7 Å². The van der Waals surface area contributed by atoms with Gasteiger partial charge in [-0.3, -0.25) is 9.59 Å². The molecule has 0 fully saturated rings. The number of carbonyl (C=O) groups excluding carboxylic acids is 3. The van der Waals surface area contributed by atoms with Crippen molar-refractivity contribution in [3.05, 3.63) is 71.4 Å². The number of hydrogen-bond donors (Lipinski definition) is 2. The molecule has 7 heteroatoms. The van der Waals surface area contributed by atoms with Gasteiger partial charge in [-0.1, -0.05) is 42.5 Å². The molecule has 0 atom stereocenters. The molecule has 0 saturated carbocycles. The van der Waals surface area contributed by atoms with Crippen LogP contribution in [0, 0.1) is 0 Å². The molecule has 0 saturated heterocycles. The Hall–Kier alpha value is -3.61. The van der Waals surface area contributed by atoms with E-state index in [9.17, 15) is 14.4 Å². The van der Waals surface area contributed by atoms with Crippen molar-refractivity contribution in [3.8, 4) is 5.75 Å². The Kier molecular flexibility index (Phi) is 7.77. The molecule has 2 aromatic carbocycles. The summed E-state index contributed by atoms with van der Waals surface area (Å²) < 4.78 is 10.1. The van der Waals surface area contributed by atoms with Gasteiger partial charge < -0.3 is 20.1 Å². The molecule has 0 aliphatic rings. The largest absolute Gasteiger partial charge is 0.497 e. The third-order valence-electron chi connectivity index (χ3n) is 3.60. The summed E-state index contributed by atoms with van der Waals surface area (Å²) in [7, 11) is 1.56. The standard InChI is InChI=1S/C21H22N2O5/c1-15(24)23-19(12-16-7-4-3-5-8-16)21(26)28-14-20(25)22-13-17-9-6-10-18(11-17)27-2/h3-12H,13-14H2,1-2H3,(H,22,25)(H,23,24). The highest BCUT2D eigenvalue weighted by Gasteiger charge is 2.15. The Morgan fingerprint density at radius 2 is 1.79 bits per heavy atom. The number of rotatable bonds is 8. The normalized spacial score (nSPS) is 10.7. The zero-order valence-electron chi connectivity index (χ0n) is 15.7. The van der Waals surface area contributed by atoms with Crippen LogP contribution >= 0.6 is 0 Å². The average molecular weight is 382 g/mol. The zero-order chi connectivity index (χ0) is 20.4. The highest BCUT2D eigenvalue weighted by atomic mass is 16.5. The second-order valence-electron chi connectivity index (χ2n) is 5.85. The van der Waals surface area contributed by atoms with Crippen LogP contribution in [0.15, 0.2) is 60.3 Å². The van der Waals surface area contributed by atoms with E-state index in [1.165, 1.54) is 13.0 Å². The number of hydrogen-bond acceptors (Lipinski definition) is 5. The van der Waals surface area contributed by atoms with Crippen LogP contribution in [0.5, 0.6) is 5.75 Å². The quantitative estimate of drug-likeness (QED) is 0.538. The van der Waals surface area contributed by atoms with Crippen molar-refractivity contribution in [2.45, 2.75) is 13.5 Å². The molecule has 0 spiro atoms. The van der Waals surface area contributed by atoms with Crippen LogP contribution in [-0.2, 0) is 25.7 Å². The van der Waals surface area contributed by atoms with E-state index in [2.05, 4.69) is 10.6 Å². The topological polar surface area (TPSA) is 93.7 Å². The Balaban J connectivity index is 1.91. The Morgan fingerprint density at radius 3 is 2.46 bits per heavy atom. The molecule has 0 radical (unpaired) electrons. The molecule has 2 rings (SSSR count). The van der Waals surface area contributed by atoms with Crippen LogP contribution in [0.3, 0.4) is 0 Å². The van der Waals surface area contributed by atoms with E-state index in [0.29, 0.717) is 11.3 Å². The molecule has 7 nitrogen and oxygen atoms in total. The summed E-state index contributed by atoms with van der Waals surface area (Å²) in [5, 5.41) is 5.08. The van der Waals surface area contributed by atoms with Gasteiger partial charge >= 0.3 is 5.97 Å². The second kappa shape index (κ2) is 10.5. The molecule has 2 aromatic rings.